The highest BCUT2D eigenvalue weighted by Gasteiger charge is 2.29. The molecule has 2 rings (SSSR count). The van der Waals surface area contributed by atoms with Gasteiger partial charge in [0.05, 0.1) is 12.2 Å². The molecule has 2 aromatic rings. The van der Waals surface area contributed by atoms with E-state index >= 15 is 0 Å². The van der Waals surface area contributed by atoms with E-state index in [1.807, 2.05) is 17.5 Å². The Morgan fingerprint density at radius 2 is 1.93 bits per heavy atom. The summed E-state index contributed by atoms with van der Waals surface area (Å²) in [6.07, 6.45) is 3.06. The van der Waals surface area contributed by atoms with Crippen molar-refractivity contribution >= 4 is 51.6 Å². The number of amides is 1. The molecule has 0 aliphatic heterocycles. The molecule has 0 saturated carbocycles. The molecular formula is C20H23NO5S2. The average molecular weight is 422 g/mol. The molecule has 0 atom stereocenters. The van der Waals surface area contributed by atoms with E-state index in [-0.39, 0.29) is 22.0 Å². The summed E-state index contributed by atoms with van der Waals surface area (Å²) in [5.41, 5.74) is -0.0781. The van der Waals surface area contributed by atoms with E-state index in [2.05, 4.69) is 5.32 Å². The number of hydrogen-bond donors (Lipinski definition) is 1. The van der Waals surface area contributed by atoms with Crippen molar-refractivity contribution in [2.24, 2.45) is 0 Å². The molecule has 150 valence electrons. The predicted molar refractivity (Wildman–Crippen MR) is 112 cm³/mol. The minimum absolute atomic E-state index is 0.172. The number of anilines is 1. The number of thiophene rings is 2. The van der Waals surface area contributed by atoms with Gasteiger partial charge in [-0.3, -0.25) is 4.79 Å². The van der Waals surface area contributed by atoms with Gasteiger partial charge in [0.25, 0.3) is 0 Å². The molecule has 0 fully saturated rings. The molecule has 0 spiro atoms. The number of carbonyl (C=O) groups excluding carboxylic acids is 3. The van der Waals surface area contributed by atoms with Crippen LogP contribution in [0, 0.1) is 6.92 Å². The van der Waals surface area contributed by atoms with E-state index in [9.17, 15) is 14.4 Å². The molecule has 6 nitrogen and oxygen atoms in total. The minimum Gasteiger partial charge on any atom is -0.462 e. The van der Waals surface area contributed by atoms with Crippen LogP contribution in [0.25, 0.3) is 6.08 Å². The van der Waals surface area contributed by atoms with E-state index in [1.54, 1.807) is 40.7 Å². The monoisotopic (exact) mass is 421 g/mol. The zero-order valence-corrected chi connectivity index (χ0v) is 18.1. The molecule has 2 heterocycles. The molecule has 0 radical (unpaired) electrons. The van der Waals surface area contributed by atoms with Gasteiger partial charge in [-0.15, -0.1) is 22.7 Å². The van der Waals surface area contributed by atoms with Gasteiger partial charge in [0.1, 0.15) is 15.5 Å². The first-order valence-corrected chi connectivity index (χ1v) is 10.4. The summed E-state index contributed by atoms with van der Waals surface area (Å²) < 4.78 is 10.5. The lowest BCUT2D eigenvalue weighted by Crippen LogP contribution is -2.23. The fraction of sp³-hybridized carbons (Fsp3) is 0.350. The van der Waals surface area contributed by atoms with Crippen molar-refractivity contribution in [2.45, 2.75) is 40.2 Å². The second-order valence-electron chi connectivity index (χ2n) is 6.82. The summed E-state index contributed by atoms with van der Waals surface area (Å²) in [4.78, 5) is 38.4. The predicted octanol–water partition coefficient (Wildman–Crippen LogP) is 4.90. The summed E-state index contributed by atoms with van der Waals surface area (Å²) in [5, 5.41) is 4.85. The first-order chi connectivity index (χ1) is 13.1. The molecule has 0 aliphatic carbocycles. The van der Waals surface area contributed by atoms with Crippen LogP contribution in [0.2, 0.25) is 0 Å². The lowest BCUT2D eigenvalue weighted by molar-refractivity contribution is -0.111. The van der Waals surface area contributed by atoms with Crippen molar-refractivity contribution in [3.05, 3.63) is 44.5 Å². The smallest absolute Gasteiger partial charge is 0.349 e. The van der Waals surface area contributed by atoms with E-state index in [0.29, 0.717) is 5.56 Å². The van der Waals surface area contributed by atoms with E-state index < -0.39 is 23.4 Å². The second-order valence-corrected chi connectivity index (χ2v) is 8.82. The molecule has 0 saturated heterocycles. The van der Waals surface area contributed by atoms with Crippen LogP contribution in [0.15, 0.2) is 23.6 Å². The van der Waals surface area contributed by atoms with Gasteiger partial charge in [-0.2, -0.15) is 0 Å². The van der Waals surface area contributed by atoms with Gasteiger partial charge in [-0.25, -0.2) is 9.59 Å². The minimum atomic E-state index is -0.676. The van der Waals surface area contributed by atoms with Gasteiger partial charge < -0.3 is 14.8 Å². The average Bonchev–Trinajstić information content (AvgIpc) is 3.19. The van der Waals surface area contributed by atoms with Crippen molar-refractivity contribution < 1.29 is 23.9 Å². The van der Waals surface area contributed by atoms with Crippen molar-refractivity contribution in [1.82, 2.24) is 0 Å². The Morgan fingerprint density at radius 3 is 2.50 bits per heavy atom. The molecule has 1 N–H and O–H groups in total. The van der Waals surface area contributed by atoms with E-state index in [4.69, 9.17) is 9.47 Å². The van der Waals surface area contributed by atoms with Crippen molar-refractivity contribution in [3.63, 3.8) is 0 Å². The zero-order valence-electron chi connectivity index (χ0n) is 16.5. The molecule has 0 bridgehead atoms. The Hall–Kier alpha value is -2.45. The summed E-state index contributed by atoms with van der Waals surface area (Å²) in [7, 11) is 0. The normalized spacial score (nSPS) is 11.5. The Labute approximate surface area is 172 Å². The molecule has 8 heteroatoms. The molecule has 0 unspecified atom stereocenters. The highest BCUT2D eigenvalue weighted by Crippen LogP contribution is 2.35. The lowest BCUT2D eigenvalue weighted by Gasteiger charge is -2.19. The molecule has 0 aliphatic rings. The largest absolute Gasteiger partial charge is 0.462 e. The third kappa shape index (κ3) is 5.77. The lowest BCUT2D eigenvalue weighted by atomic mass is 10.1. The number of nitrogens with one attached hydrogen (secondary N) is 1. The van der Waals surface area contributed by atoms with Crippen LogP contribution in [0.3, 0.4) is 0 Å². The first kappa shape index (κ1) is 21.8. The van der Waals surface area contributed by atoms with Crippen LogP contribution >= 0.6 is 22.7 Å². The molecule has 2 aromatic heterocycles. The summed E-state index contributed by atoms with van der Waals surface area (Å²) in [5.74, 6) is -1.55. The van der Waals surface area contributed by atoms with Crippen LogP contribution in [0.5, 0.6) is 0 Å². The van der Waals surface area contributed by atoms with Gasteiger partial charge in [0, 0.05) is 11.0 Å². The molecule has 28 heavy (non-hydrogen) atoms. The van der Waals surface area contributed by atoms with Crippen LogP contribution in [0.4, 0.5) is 5.00 Å². The van der Waals surface area contributed by atoms with Gasteiger partial charge in [-0.1, -0.05) is 6.07 Å². The number of esters is 2. The number of rotatable bonds is 6. The van der Waals surface area contributed by atoms with Crippen molar-refractivity contribution in [1.29, 1.82) is 0 Å². The fourth-order valence-electron chi connectivity index (χ4n) is 2.27. The Balaban J connectivity index is 2.32. The van der Waals surface area contributed by atoms with Gasteiger partial charge >= 0.3 is 11.9 Å². The Morgan fingerprint density at radius 1 is 1.21 bits per heavy atom. The van der Waals surface area contributed by atoms with Gasteiger partial charge in [-0.05, 0) is 57.7 Å². The maximum atomic E-state index is 12.5. The summed E-state index contributed by atoms with van der Waals surface area (Å²) in [6, 6.07) is 3.77. The van der Waals surface area contributed by atoms with Crippen LogP contribution < -0.4 is 5.32 Å². The summed E-state index contributed by atoms with van der Waals surface area (Å²) >= 11 is 2.50. The fourth-order valence-corrected chi connectivity index (χ4v) is 3.96. The van der Waals surface area contributed by atoms with Crippen LogP contribution in [-0.4, -0.2) is 30.1 Å². The standard InChI is InChI=1S/C20H23NO5S2/c1-6-25-18(23)15-12(2)16(19(24)26-20(3,4)5)28-17(15)21-14(22)10-9-13-8-7-11-27-13/h7-11H,6H2,1-5H3,(H,21,22). The maximum absolute atomic E-state index is 12.5. The zero-order chi connectivity index (χ0) is 20.9. The van der Waals surface area contributed by atoms with E-state index in [0.717, 1.165) is 16.2 Å². The maximum Gasteiger partial charge on any atom is 0.349 e. The Kier molecular flexibility index (Phi) is 7.15. The quantitative estimate of drug-likeness (QED) is 0.530. The molecule has 0 aromatic carbocycles. The van der Waals surface area contributed by atoms with Crippen molar-refractivity contribution in [3.8, 4) is 0 Å². The molecule has 1 amide bonds. The number of ether oxygens (including phenoxy) is 2. The number of carbonyl (C=O) groups is 3. The van der Waals surface area contributed by atoms with Crippen LogP contribution in [0.1, 0.15) is 58.2 Å². The van der Waals surface area contributed by atoms with E-state index in [1.165, 1.54) is 17.4 Å². The second kappa shape index (κ2) is 9.16. The van der Waals surface area contributed by atoms with Crippen molar-refractivity contribution in [2.75, 3.05) is 11.9 Å². The topological polar surface area (TPSA) is 81.7 Å². The SMILES string of the molecule is CCOC(=O)c1c(NC(=O)C=Cc2cccs2)sc(C(=O)OC(C)(C)C)c1C. The summed E-state index contributed by atoms with van der Waals surface area (Å²) in [6.45, 7) is 8.80. The highest BCUT2D eigenvalue weighted by molar-refractivity contribution is 7.18. The first-order valence-electron chi connectivity index (χ1n) is 8.68. The third-order valence-corrected chi connectivity index (χ3v) is 5.41. The Bertz CT molecular complexity index is 889. The molecular weight excluding hydrogens is 398 g/mol. The number of hydrogen-bond acceptors (Lipinski definition) is 7. The van der Waals surface area contributed by atoms with Crippen LogP contribution in [-0.2, 0) is 14.3 Å². The third-order valence-electron chi connectivity index (χ3n) is 3.39. The van der Waals surface area contributed by atoms with Gasteiger partial charge in [0.2, 0.25) is 5.91 Å². The van der Waals surface area contributed by atoms with Gasteiger partial charge in [0.15, 0.2) is 0 Å². The highest BCUT2D eigenvalue weighted by atomic mass is 32.1.